The number of nitrogens with zero attached hydrogens (tertiary/aromatic N) is 4. The van der Waals surface area contributed by atoms with Crippen molar-refractivity contribution in [1.29, 1.82) is 5.26 Å². The molecule has 1 N–H and O–H groups in total. The van der Waals surface area contributed by atoms with Crippen LogP contribution in [0.4, 0.5) is 0 Å². The number of phenols is 1. The minimum absolute atomic E-state index is 0.186. The van der Waals surface area contributed by atoms with Crippen molar-refractivity contribution in [3.8, 4) is 23.2 Å². The SMILES string of the molecule is Cn1c(C(C#N)=Cc2ccc(O)cc2)nnc1-c1ccccc1. The van der Waals surface area contributed by atoms with Crippen molar-refractivity contribution in [3.63, 3.8) is 0 Å². The number of aromatic hydroxyl groups is 1. The molecule has 5 heteroatoms. The molecule has 0 spiro atoms. The highest BCUT2D eigenvalue weighted by Gasteiger charge is 2.14. The molecule has 0 unspecified atom stereocenters. The third-order valence-electron chi connectivity index (χ3n) is 3.47. The Kier molecular flexibility index (Phi) is 3.89. The lowest BCUT2D eigenvalue weighted by Gasteiger charge is -2.03. The van der Waals surface area contributed by atoms with Gasteiger partial charge >= 0.3 is 0 Å². The Bertz CT molecular complexity index is 887. The molecule has 0 saturated heterocycles. The molecular formula is C18H14N4O. The molecule has 0 aliphatic rings. The van der Waals surface area contributed by atoms with E-state index in [4.69, 9.17) is 0 Å². The number of hydrogen-bond donors (Lipinski definition) is 1. The summed E-state index contributed by atoms with van der Waals surface area (Å²) >= 11 is 0. The molecule has 1 aromatic heterocycles. The van der Waals surface area contributed by atoms with Crippen molar-refractivity contribution >= 4 is 11.6 Å². The molecule has 23 heavy (non-hydrogen) atoms. The Labute approximate surface area is 133 Å². The van der Waals surface area contributed by atoms with Crippen LogP contribution in [0.2, 0.25) is 0 Å². The van der Waals surface area contributed by atoms with Gasteiger partial charge in [0.2, 0.25) is 0 Å². The van der Waals surface area contributed by atoms with E-state index in [2.05, 4.69) is 16.3 Å². The number of phenolic OH excluding ortho intramolecular Hbond substituents is 1. The van der Waals surface area contributed by atoms with Gasteiger partial charge in [-0.2, -0.15) is 5.26 Å². The van der Waals surface area contributed by atoms with Crippen LogP contribution in [0.3, 0.4) is 0 Å². The maximum atomic E-state index is 9.45. The number of rotatable bonds is 3. The second kappa shape index (κ2) is 6.16. The lowest BCUT2D eigenvalue weighted by Crippen LogP contribution is -1.98. The van der Waals surface area contributed by atoms with E-state index in [1.165, 1.54) is 0 Å². The summed E-state index contributed by atoms with van der Waals surface area (Å²) in [6.07, 6.45) is 1.72. The largest absolute Gasteiger partial charge is 0.508 e. The van der Waals surface area contributed by atoms with E-state index in [0.29, 0.717) is 17.2 Å². The topological polar surface area (TPSA) is 74.7 Å². The molecular weight excluding hydrogens is 288 g/mol. The van der Waals surface area contributed by atoms with E-state index in [0.717, 1.165) is 11.1 Å². The summed E-state index contributed by atoms with van der Waals surface area (Å²) in [5, 5.41) is 27.1. The Balaban J connectivity index is 2.02. The molecule has 0 aliphatic carbocycles. The smallest absolute Gasteiger partial charge is 0.174 e. The van der Waals surface area contributed by atoms with Crippen LogP contribution in [0.25, 0.3) is 23.0 Å². The predicted molar refractivity (Wildman–Crippen MR) is 88.0 cm³/mol. The number of allylic oxidation sites excluding steroid dienone is 1. The first kappa shape index (κ1) is 14.5. The Morgan fingerprint density at radius 3 is 2.43 bits per heavy atom. The van der Waals surface area contributed by atoms with Gasteiger partial charge in [0, 0.05) is 12.6 Å². The van der Waals surface area contributed by atoms with Crippen molar-refractivity contribution in [2.75, 3.05) is 0 Å². The number of aromatic nitrogens is 3. The fraction of sp³-hybridized carbons (Fsp3) is 0.0556. The maximum absolute atomic E-state index is 9.45. The zero-order valence-electron chi connectivity index (χ0n) is 12.5. The quantitative estimate of drug-likeness (QED) is 0.754. The first-order chi connectivity index (χ1) is 11.2. The molecule has 3 rings (SSSR count). The highest BCUT2D eigenvalue weighted by Crippen LogP contribution is 2.22. The predicted octanol–water partition coefficient (Wildman–Crippen LogP) is 3.25. The van der Waals surface area contributed by atoms with Gasteiger partial charge in [-0.15, -0.1) is 10.2 Å². The molecule has 5 nitrogen and oxygen atoms in total. The summed E-state index contributed by atoms with van der Waals surface area (Å²) in [6, 6.07) is 18.5. The van der Waals surface area contributed by atoms with Gasteiger partial charge in [0.15, 0.2) is 11.6 Å². The van der Waals surface area contributed by atoms with Crippen LogP contribution in [0.5, 0.6) is 5.75 Å². The number of hydrogen-bond acceptors (Lipinski definition) is 4. The Morgan fingerprint density at radius 2 is 1.78 bits per heavy atom. The summed E-state index contributed by atoms with van der Waals surface area (Å²) in [4.78, 5) is 0. The third-order valence-corrected chi connectivity index (χ3v) is 3.47. The summed E-state index contributed by atoms with van der Waals surface area (Å²) in [5.74, 6) is 1.39. The van der Waals surface area contributed by atoms with E-state index in [1.807, 2.05) is 37.4 Å². The zero-order valence-corrected chi connectivity index (χ0v) is 12.5. The molecule has 0 fully saturated rings. The average Bonchev–Trinajstić information content (AvgIpc) is 2.97. The van der Waals surface area contributed by atoms with Crippen molar-refractivity contribution in [1.82, 2.24) is 14.8 Å². The molecule has 112 valence electrons. The van der Waals surface area contributed by atoms with Gasteiger partial charge < -0.3 is 9.67 Å². The van der Waals surface area contributed by atoms with E-state index in [1.54, 1.807) is 34.9 Å². The molecule has 3 aromatic rings. The van der Waals surface area contributed by atoms with Crippen LogP contribution in [0, 0.1) is 11.3 Å². The van der Waals surface area contributed by atoms with Crippen molar-refractivity contribution in [3.05, 3.63) is 66.0 Å². The summed E-state index contributed by atoms with van der Waals surface area (Å²) in [7, 11) is 1.83. The van der Waals surface area contributed by atoms with Crippen LogP contribution in [0.15, 0.2) is 54.6 Å². The van der Waals surface area contributed by atoms with Gasteiger partial charge in [-0.3, -0.25) is 0 Å². The third kappa shape index (κ3) is 2.97. The minimum Gasteiger partial charge on any atom is -0.508 e. The molecule has 0 aliphatic heterocycles. The average molecular weight is 302 g/mol. The zero-order chi connectivity index (χ0) is 16.2. The van der Waals surface area contributed by atoms with Gasteiger partial charge in [0.05, 0.1) is 5.57 Å². The second-order valence-electron chi connectivity index (χ2n) is 5.03. The fourth-order valence-electron chi connectivity index (χ4n) is 2.29. The molecule has 0 atom stereocenters. The maximum Gasteiger partial charge on any atom is 0.174 e. The van der Waals surface area contributed by atoms with Crippen LogP contribution < -0.4 is 0 Å². The van der Waals surface area contributed by atoms with Crippen LogP contribution in [0.1, 0.15) is 11.4 Å². The monoisotopic (exact) mass is 302 g/mol. The number of nitriles is 1. The molecule has 0 amide bonds. The van der Waals surface area contributed by atoms with Crippen molar-refractivity contribution < 1.29 is 5.11 Å². The highest BCUT2D eigenvalue weighted by atomic mass is 16.3. The highest BCUT2D eigenvalue weighted by molar-refractivity contribution is 5.87. The van der Waals surface area contributed by atoms with Crippen LogP contribution in [-0.4, -0.2) is 19.9 Å². The van der Waals surface area contributed by atoms with Crippen LogP contribution >= 0.6 is 0 Å². The molecule has 2 aromatic carbocycles. The van der Waals surface area contributed by atoms with Gasteiger partial charge in [0.1, 0.15) is 11.8 Å². The van der Waals surface area contributed by atoms with Gasteiger partial charge in [0.25, 0.3) is 0 Å². The fourth-order valence-corrected chi connectivity index (χ4v) is 2.29. The second-order valence-corrected chi connectivity index (χ2v) is 5.03. The normalized spacial score (nSPS) is 11.2. The Hall–Kier alpha value is -3.39. The van der Waals surface area contributed by atoms with Crippen LogP contribution in [-0.2, 0) is 7.05 Å². The lowest BCUT2D eigenvalue weighted by atomic mass is 10.1. The van der Waals surface area contributed by atoms with E-state index >= 15 is 0 Å². The lowest BCUT2D eigenvalue weighted by molar-refractivity contribution is 0.475. The summed E-state index contributed by atoms with van der Waals surface area (Å²) in [6.45, 7) is 0. The van der Waals surface area contributed by atoms with Gasteiger partial charge in [-0.05, 0) is 23.8 Å². The Morgan fingerprint density at radius 1 is 1.09 bits per heavy atom. The summed E-state index contributed by atoms with van der Waals surface area (Å²) < 4.78 is 1.80. The molecule has 0 bridgehead atoms. The number of benzene rings is 2. The molecule has 0 radical (unpaired) electrons. The first-order valence-corrected chi connectivity index (χ1v) is 7.05. The first-order valence-electron chi connectivity index (χ1n) is 7.05. The van der Waals surface area contributed by atoms with E-state index in [9.17, 15) is 10.4 Å². The van der Waals surface area contributed by atoms with Crippen molar-refractivity contribution in [2.45, 2.75) is 0 Å². The standard InChI is InChI=1S/C18H14N4O/c1-22-17(14-5-3-2-4-6-14)20-21-18(22)15(12-19)11-13-7-9-16(23)10-8-13/h2-11,23H,1H3. The van der Waals surface area contributed by atoms with E-state index in [-0.39, 0.29) is 5.75 Å². The summed E-state index contributed by atoms with van der Waals surface area (Å²) in [5.41, 5.74) is 2.16. The molecule has 0 saturated carbocycles. The molecule has 1 heterocycles. The van der Waals surface area contributed by atoms with Gasteiger partial charge in [-0.1, -0.05) is 42.5 Å². The van der Waals surface area contributed by atoms with E-state index < -0.39 is 0 Å². The van der Waals surface area contributed by atoms with Crippen molar-refractivity contribution in [2.24, 2.45) is 7.05 Å². The van der Waals surface area contributed by atoms with Gasteiger partial charge in [-0.25, -0.2) is 0 Å². The minimum atomic E-state index is 0.186.